The highest BCUT2D eigenvalue weighted by molar-refractivity contribution is 5.94. The standard InChI is InChI=1S/C47H59N5O7/c1-3-5-22-51(26-21-48-33-42(54)39-12-14-41(53)45-40(39)13-15-43(55)49-45)44(56)18-29-58-28-17-37-10-6-9-36(31-37)16-23-50-24-19-47(20-25-50)34-52(27-30-59-47)46(57)38-11-7-8-35(4-2)32-38/h2,6-15,31-32,42,48,53-54H,3,5,16-30,33-34H2,1H3,(H,49,55)/t42-/m0/s1. The highest BCUT2D eigenvalue weighted by Gasteiger charge is 2.41. The fourth-order valence-corrected chi connectivity index (χ4v) is 8.09. The van der Waals surface area contributed by atoms with Crippen LogP contribution in [0.5, 0.6) is 5.75 Å². The smallest absolute Gasteiger partial charge is 0.254 e. The van der Waals surface area contributed by atoms with Gasteiger partial charge in [0.2, 0.25) is 11.5 Å². The van der Waals surface area contributed by atoms with Gasteiger partial charge >= 0.3 is 0 Å². The summed E-state index contributed by atoms with van der Waals surface area (Å²) in [5, 5.41) is 24.9. The number of H-pyrrole nitrogens is 1. The quantitative estimate of drug-likeness (QED) is 0.0785. The van der Waals surface area contributed by atoms with Crippen molar-refractivity contribution in [2.24, 2.45) is 0 Å². The number of phenols is 1. The number of aliphatic hydroxyl groups is 1. The van der Waals surface area contributed by atoms with Crippen molar-refractivity contribution in [2.75, 3.05) is 78.7 Å². The summed E-state index contributed by atoms with van der Waals surface area (Å²) >= 11 is 0. The van der Waals surface area contributed by atoms with Crippen LogP contribution in [0, 0.1) is 12.3 Å². The molecule has 6 rings (SSSR count). The van der Waals surface area contributed by atoms with E-state index in [4.69, 9.17) is 15.9 Å². The number of morpholine rings is 1. The molecule has 2 aliphatic heterocycles. The Balaban J connectivity index is 0.874. The van der Waals surface area contributed by atoms with Gasteiger partial charge in [-0.2, -0.15) is 0 Å². The number of carbonyl (C=O) groups is 2. The van der Waals surface area contributed by atoms with Gasteiger partial charge in [-0.25, -0.2) is 0 Å². The molecule has 4 aromatic rings. The topological polar surface area (TPSA) is 148 Å². The van der Waals surface area contributed by atoms with E-state index in [2.05, 4.69) is 52.3 Å². The van der Waals surface area contributed by atoms with E-state index in [-0.39, 0.29) is 35.3 Å². The number of nitrogens with zero attached hydrogens (tertiary/aromatic N) is 3. The highest BCUT2D eigenvalue weighted by Crippen LogP contribution is 2.31. The molecule has 0 radical (unpaired) electrons. The Morgan fingerprint density at radius 2 is 1.81 bits per heavy atom. The second kappa shape index (κ2) is 21.3. The van der Waals surface area contributed by atoms with Crippen molar-refractivity contribution in [1.82, 2.24) is 25.0 Å². The molecule has 1 spiro atoms. The van der Waals surface area contributed by atoms with E-state index < -0.39 is 6.10 Å². The Morgan fingerprint density at radius 1 is 1.02 bits per heavy atom. The zero-order valence-corrected chi connectivity index (χ0v) is 34.3. The van der Waals surface area contributed by atoms with E-state index in [1.807, 2.05) is 28.0 Å². The summed E-state index contributed by atoms with van der Waals surface area (Å²) in [7, 11) is 0. The van der Waals surface area contributed by atoms with Gasteiger partial charge in [-0.05, 0) is 79.1 Å². The number of unbranched alkanes of at least 4 members (excludes halogenated alkanes) is 1. The molecule has 0 unspecified atom stereocenters. The van der Waals surface area contributed by atoms with E-state index >= 15 is 0 Å². The Hall–Kier alpha value is -5.03. The van der Waals surface area contributed by atoms with Gasteiger partial charge in [0.25, 0.3) is 5.91 Å². The van der Waals surface area contributed by atoms with Crippen LogP contribution in [-0.4, -0.2) is 126 Å². The number of aromatic amines is 1. The van der Waals surface area contributed by atoms with E-state index in [1.165, 1.54) is 23.3 Å². The number of piperidine rings is 1. The highest BCUT2D eigenvalue weighted by atomic mass is 16.5. The van der Waals surface area contributed by atoms with E-state index in [1.54, 1.807) is 18.2 Å². The average Bonchev–Trinajstić information content (AvgIpc) is 3.26. The third-order valence-corrected chi connectivity index (χ3v) is 11.6. The van der Waals surface area contributed by atoms with Crippen molar-refractivity contribution in [3.8, 4) is 18.1 Å². The Morgan fingerprint density at radius 3 is 2.61 bits per heavy atom. The first-order valence-corrected chi connectivity index (χ1v) is 21.1. The molecule has 0 bridgehead atoms. The molecule has 12 heteroatoms. The van der Waals surface area contributed by atoms with Crippen molar-refractivity contribution < 1.29 is 29.3 Å². The number of pyridine rings is 1. The number of fused-ring (bicyclic) bond motifs is 1. The molecule has 1 aromatic heterocycles. The molecule has 1 atom stereocenters. The third kappa shape index (κ3) is 12.0. The van der Waals surface area contributed by atoms with Gasteiger partial charge in [-0.3, -0.25) is 14.4 Å². The number of benzene rings is 3. The lowest BCUT2D eigenvalue weighted by atomic mass is 9.89. The zero-order chi connectivity index (χ0) is 41.6. The minimum atomic E-state index is -0.865. The molecule has 2 saturated heterocycles. The van der Waals surface area contributed by atoms with Crippen molar-refractivity contribution in [2.45, 2.75) is 63.6 Å². The molecule has 3 aromatic carbocycles. The maximum atomic E-state index is 13.3. The van der Waals surface area contributed by atoms with Gasteiger partial charge in [-0.1, -0.05) is 55.7 Å². The minimum absolute atomic E-state index is 0.0132. The molecule has 3 heterocycles. The number of likely N-dealkylation sites (tertiary alicyclic amines) is 1. The van der Waals surface area contributed by atoms with Gasteiger partial charge in [0, 0.05) is 74.9 Å². The molecule has 0 aliphatic carbocycles. The first kappa shape index (κ1) is 43.5. The van der Waals surface area contributed by atoms with Crippen LogP contribution in [0.2, 0.25) is 0 Å². The molecule has 314 valence electrons. The SMILES string of the molecule is C#Cc1cccc(C(=O)N2CCOC3(CCN(CCc4cccc(CCOCCC(=O)N(CCCC)CCNC[C@H](O)c5ccc(O)c6[nH]c(=O)ccc56)c4)CC3)C2)c1. The van der Waals surface area contributed by atoms with Crippen LogP contribution in [0.25, 0.3) is 10.9 Å². The van der Waals surface area contributed by atoms with Gasteiger partial charge < -0.3 is 44.7 Å². The lowest BCUT2D eigenvalue weighted by Crippen LogP contribution is -2.58. The molecule has 12 nitrogen and oxygen atoms in total. The number of rotatable bonds is 19. The van der Waals surface area contributed by atoms with Gasteiger partial charge in [0.15, 0.2) is 0 Å². The molecule has 2 aliphatic rings. The lowest BCUT2D eigenvalue weighted by molar-refractivity contribution is -0.132. The maximum absolute atomic E-state index is 13.3. The molecular formula is C47H59N5O7. The van der Waals surface area contributed by atoms with Gasteiger partial charge in [0.05, 0.1) is 50.0 Å². The Bertz CT molecular complexity index is 2120. The molecule has 4 N–H and O–H groups in total. The maximum Gasteiger partial charge on any atom is 0.254 e. The predicted molar refractivity (Wildman–Crippen MR) is 229 cm³/mol. The molecular weight excluding hydrogens is 747 g/mol. The monoisotopic (exact) mass is 805 g/mol. The lowest BCUT2D eigenvalue weighted by Gasteiger charge is -2.47. The Labute approximate surface area is 347 Å². The number of aliphatic hydroxyl groups excluding tert-OH is 1. The van der Waals surface area contributed by atoms with Crippen LogP contribution in [0.3, 0.4) is 0 Å². The van der Waals surface area contributed by atoms with Crippen LogP contribution < -0.4 is 10.9 Å². The number of aromatic hydroxyl groups is 1. The fourth-order valence-electron chi connectivity index (χ4n) is 8.09. The van der Waals surface area contributed by atoms with Crippen LogP contribution >= 0.6 is 0 Å². The summed E-state index contributed by atoms with van der Waals surface area (Å²) in [4.78, 5) is 47.1. The summed E-state index contributed by atoms with van der Waals surface area (Å²) in [5.41, 5.74) is 4.11. The second-order valence-electron chi connectivity index (χ2n) is 15.7. The first-order valence-electron chi connectivity index (χ1n) is 21.1. The molecule has 59 heavy (non-hydrogen) atoms. The zero-order valence-electron chi connectivity index (χ0n) is 34.3. The summed E-state index contributed by atoms with van der Waals surface area (Å²) in [5.74, 6) is 2.63. The number of carbonyl (C=O) groups excluding carboxylic acids is 2. The largest absolute Gasteiger partial charge is 0.506 e. The summed E-state index contributed by atoms with van der Waals surface area (Å²) < 4.78 is 12.3. The van der Waals surface area contributed by atoms with Crippen molar-refractivity contribution in [1.29, 1.82) is 0 Å². The average molecular weight is 806 g/mol. The van der Waals surface area contributed by atoms with Crippen LogP contribution in [-0.2, 0) is 27.1 Å². The fraction of sp³-hybridized carbons (Fsp3) is 0.468. The minimum Gasteiger partial charge on any atom is -0.506 e. The number of phenolic OH excluding ortho intramolecular Hbond substituents is 1. The second-order valence-corrected chi connectivity index (χ2v) is 15.7. The van der Waals surface area contributed by atoms with Crippen LogP contribution in [0.1, 0.15) is 77.7 Å². The van der Waals surface area contributed by atoms with Gasteiger partial charge in [0.1, 0.15) is 5.75 Å². The molecule has 2 fully saturated rings. The van der Waals surface area contributed by atoms with Crippen molar-refractivity contribution in [3.05, 3.63) is 111 Å². The number of amides is 2. The van der Waals surface area contributed by atoms with Crippen molar-refractivity contribution >= 4 is 22.7 Å². The molecule has 0 saturated carbocycles. The normalized spacial score (nSPS) is 15.9. The van der Waals surface area contributed by atoms with E-state index in [0.717, 1.165) is 58.2 Å². The first-order chi connectivity index (χ1) is 28.7. The van der Waals surface area contributed by atoms with Crippen LogP contribution in [0.4, 0.5) is 0 Å². The summed E-state index contributed by atoms with van der Waals surface area (Å²) in [6.07, 6.45) is 10.4. The van der Waals surface area contributed by atoms with Crippen LogP contribution in [0.15, 0.2) is 77.6 Å². The van der Waals surface area contributed by atoms with E-state index in [0.29, 0.717) is 86.6 Å². The number of aromatic nitrogens is 1. The summed E-state index contributed by atoms with van der Waals surface area (Å²) in [6, 6.07) is 22.0. The number of hydrogen-bond acceptors (Lipinski definition) is 9. The van der Waals surface area contributed by atoms with Crippen molar-refractivity contribution in [3.63, 3.8) is 0 Å². The number of hydrogen-bond donors (Lipinski definition) is 4. The Kier molecular flexibility index (Phi) is 15.7. The number of ether oxygens (including phenoxy) is 2. The molecule has 2 amide bonds. The number of terminal acetylenes is 1. The van der Waals surface area contributed by atoms with E-state index in [9.17, 15) is 24.6 Å². The summed E-state index contributed by atoms with van der Waals surface area (Å²) in [6.45, 7) is 9.49. The number of nitrogens with one attached hydrogen (secondary N) is 2. The predicted octanol–water partition coefficient (Wildman–Crippen LogP) is 4.67. The third-order valence-electron chi connectivity index (χ3n) is 11.6. The van der Waals surface area contributed by atoms with Gasteiger partial charge in [-0.15, -0.1) is 6.42 Å².